The average molecular weight is 408 g/mol. The van der Waals surface area contributed by atoms with E-state index in [0.717, 1.165) is 4.90 Å². The third-order valence-corrected chi connectivity index (χ3v) is 5.13. The van der Waals surface area contributed by atoms with E-state index < -0.39 is 30.4 Å². The van der Waals surface area contributed by atoms with E-state index in [1.807, 2.05) is 6.92 Å². The van der Waals surface area contributed by atoms with Crippen LogP contribution in [0.1, 0.15) is 34.1 Å². The fourth-order valence-corrected chi connectivity index (χ4v) is 3.61. The van der Waals surface area contributed by atoms with E-state index >= 15 is 0 Å². The van der Waals surface area contributed by atoms with Crippen molar-refractivity contribution in [1.82, 2.24) is 4.90 Å². The zero-order valence-corrected chi connectivity index (χ0v) is 16.4. The number of anilines is 1. The standard InChI is InChI=1S/C22H20N2O6/c1-2-29-16-9-7-15(8-10-16)23-12-14(11-19(23)25)22(28)30-13-24-20(26)17-5-3-4-6-18(17)21(24)27/h3-10,14H,2,11-13H2,1H3/t14-/m1/s1. The van der Waals surface area contributed by atoms with Gasteiger partial charge in [-0.1, -0.05) is 12.1 Å². The SMILES string of the molecule is CCOc1ccc(N2C[C@H](C(=O)OCN3C(=O)c4ccccc4C3=O)CC2=O)cc1. The topological polar surface area (TPSA) is 93.2 Å². The van der Waals surface area contributed by atoms with Crippen molar-refractivity contribution in [3.05, 3.63) is 59.7 Å². The van der Waals surface area contributed by atoms with Crippen LogP contribution in [0.4, 0.5) is 5.69 Å². The van der Waals surface area contributed by atoms with Gasteiger partial charge >= 0.3 is 5.97 Å². The highest BCUT2D eigenvalue weighted by Gasteiger charge is 2.39. The van der Waals surface area contributed by atoms with Crippen LogP contribution in [-0.2, 0) is 14.3 Å². The summed E-state index contributed by atoms with van der Waals surface area (Å²) in [6.45, 7) is 2.13. The molecule has 0 radical (unpaired) electrons. The number of fused-ring (bicyclic) bond motifs is 1. The Morgan fingerprint density at radius 2 is 1.63 bits per heavy atom. The molecule has 8 heteroatoms. The summed E-state index contributed by atoms with van der Waals surface area (Å²) in [5.41, 5.74) is 1.24. The molecule has 1 fully saturated rings. The lowest BCUT2D eigenvalue weighted by Gasteiger charge is -2.18. The van der Waals surface area contributed by atoms with E-state index in [-0.39, 0.29) is 30.0 Å². The summed E-state index contributed by atoms with van der Waals surface area (Å²) in [4.78, 5) is 52.0. The number of esters is 1. The second-order valence-electron chi connectivity index (χ2n) is 7.01. The number of imide groups is 1. The molecule has 0 unspecified atom stereocenters. The van der Waals surface area contributed by atoms with Gasteiger partial charge in [0.2, 0.25) is 5.91 Å². The molecule has 1 saturated heterocycles. The van der Waals surface area contributed by atoms with Gasteiger partial charge in [0.1, 0.15) is 5.75 Å². The molecule has 8 nitrogen and oxygen atoms in total. The molecule has 2 aromatic carbocycles. The highest BCUT2D eigenvalue weighted by Crippen LogP contribution is 2.28. The number of ether oxygens (including phenoxy) is 2. The highest BCUT2D eigenvalue weighted by molar-refractivity contribution is 6.21. The smallest absolute Gasteiger partial charge is 0.313 e. The fourth-order valence-electron chi connectivity index (χ4n) is 3.61. The van der Waals surface area contributed by atoms with Gasteiger partial charge in [-0.3, -0.25) is 19.2 Å². The van der Waals surface area contributed by atoms with Crippen molar-refractivity contribution in [2.24, 2.45) is 5.92 Å². The molecule has 1 atom stereocenters. The molecule has 0 aromatic heterocycles. The van der Waals surface area contributed by atoms with E-state index in [2.05, 4.69) is 0 Å². The molecular formula is C22H20N2O6. The first-order valence-corrected chi connectivity index (χ1v) is 9.64. The Hall–Kier alpha value is -3.68. The Morgan fingerprint density at radius 3 is 2.23 bits per heavy atom. The fraction of sp³-hybridized carbons (Fsp3) is 0.273. The number of rotatable bonds is 6. The van der Waals surface area contributed by atoms with Crippen LogP contribution in [0.25, 0.3) is 0 Å². The molecule has 0 spiro atoms. The summed E-state index contributed by atoms with van der Waals surface area (Å²) in [7, 11) is 0. The lowest BCUT2D eigenvalue weighted by molar-refractivity contribution is -0.151. The Labute approximate surface area is 173 Å². The minimum Gasteiger partial charge on any atom is -0.494 e. The first kappa shape index (κ1) is 19.6. The lowest BCUT2D eigenvalue weighted by Crippen LogP contribution is -2.35. The van der Waals surface area contributed by atoms with Crippen LogP contribution in [-0.4, -0.2) is 48.5 Å². The van der Waals surface area contributed by atoms with Gasteiger partial charge in [0.15, 0.2) is 6.73 Å². The van der Waals surface area contributed by atoms with Crippen molar-refractivity contribution < 1.29 is 28.7 Å². The minimum atomic E-state index is -0.667. The van der Waals surface area contributed by atoms with Crippen molar-refractivity contribution in [3.63, 3.8) is 0 Å². The minimum absolute atomic E-state index is 0.00810. The Bertz CT molecular complexity index is 982. The summed E-state index contributed by atoms with van der Waals surface area (Å²) in [5, 5.41) is 0. The number of carbonyl (C=O) groups excluding carboxylic acids is 4. The van der Waals surface area contributed by atoms with Gasteiger partial charge in [0.25, 0.3) is 11.8 Å². The molecule has 0 N–H and O–H groups in total. The zero-order chi connectivity index (χ0) is 21.3. The van der Waals surface area contributed by atoms with E-state index in [4.69, 9.17) is 9.47 Å². The van der Waals surface area contributed by atoms with Crippen LogP contribution in [0.3, 0.4) is 0 Å². The molecular weight excluding hydrogens is 388 g/mol. The predicted octanol–water partition coefficient (Wildman–Crippen LogP) is 2.24. The molecule has 2 aliphatic rings. The van der Waals surface area contributed by atoms with Crippen LogP contribution < -0.4 is 9.64 Å². The quantitative estimate of drug-likeness (QED) is 0.538. The van der Waals surface area contributed by atoms with E-state index in [9.17, 15) is 19.2 Å². The largest absolute Gasteiger partial charge is 0.494 e. The summed E-state index contributed by atoms with van der Waals surface area (Å²) < 4.78 is 10.6. The van der Waals surface area contributed by atoms with Crippen LogP contribution >= 0.6 is 0 Å². The van der Waals surface area contributed by atoms with Crippen molar-refractivity contribution in [2.75, 3.05) is 24.8 Å². The van der Waals surface area contributed by atoms with Crippen molar-refractivity contribution in [3.8, 4) is 5.75 Å². The third kappa shape index (κ3) is 3.52. The van der Waals surface area contributed by atoms with Gasteiger partial charge in [0.05, 0.1) is 23.7 Å². The Balaban J connectivity index is 1.36. The number of amides is 3. The third-order valence-electron chi connectivity index (χ3n) is 5.13. The zero-order valence-electron chi connectivity index (χ0n) is 16.4. The second-order valence-corrected chi connectivity index (χ2v) is 7.01. The number of benzene rings is 2. The summed E-state index contributed by atoms with van der Waals surface area (Å²) in [5.74, 6) is -1.77. The van der Waals surface area contributed by atoms with Gasteiger partial charge in [0, 0.05) is 18.7 Å². The van der Waals surface area contributed by atoms with Gasteiger partial charge < -0.3 is 14.4 Å². The monoisotopic (exact) mass is 408 g/mol. The normalized spacial score (nSPS) is 18.0. The van der Waals surface area contributed by atoms with Gasteiger partial charge in [-0.2, -0.15) is 0 Å². The predicted molar refractivity (Wildman–Crippen MR) is 106 cm³/mol. The summed E-state index contributed by atoms with van der Waals surface area (Å²) in [6, 6.07) is 13.5. The van der Waals surface area contributed by atoms with E-state index in [1.54, 1.807) is 48.5 Å². The maximum atomic E-state index is 12.5. The first-order chi connectivity index (χ1) is 14.5. The van der Waals surface area contributed by atoms with Gasteiger partial charge in [-0.25, -0.2) is 4.90 Å². The van der Waals surface area contributed by atoms with Crippen molar-refractivity contribution in [1.29, 1.82) is 0 Å². The Morgan fingerprint density at radius 1 is 1.00 bits per heavy atom. The Kier molecular flexibility index (Phi) is 5.22. The molecule has 2 heterocycles. The maximum absolute atomic E-state index is 12.5. The highest BCUT2D eigenvalue weighted by atomic mass is 16.5. The van der Waals surface area contributed by atoms with Crippen LogP contribution in [0, 0.1) is 5.92 Å². The van der Waals surface area contributed by atoms with E-state index in [0.29, 0.717) is 18.0 Å². The van der Waals surface area contributed by atoms with E-state index in [1.165, 1.54) is 4.90 Å². The first-order valence-electron chi connectivity index (χ1n) is 9.64. The number of carbonyl (C=O) groups is 4. The van der Waals surface area contributed by atoms with Gasteiger partial charge in [-0.15, -0.1) is 0 Å². The maximum Gasteiger partial charge on any atom is 0.313 e. The molecule has 0 bridgehead atoms. The molecule has 154 valence electrons. The van der Waals surface area contributed by atoms with Crippen molar-refractivity contribution >= 4 is 29.4 Å². The number of hydrogen-bond donors (Lipinski definition) is 0. The molecule has 2 aromatic rings. The van der Waals surface area contributed by atoms with Crippen LogP contribution in [0.15, 0.2) is 48.5 Å². The summed E-state index contributed by atoms with van der Waals surface area (Å²) >= 11 is 0. The summed E-state index contributed by atoms with van der Waals surface area (Å²) in [6.07, 6.45) is 0.00810. The molecule has 0 aliphatic carbocycles. The molecule has 4 rings (SSSR count). The molecule has 3 amide bonds. The number of hydrogen-bond acceptors (Lipinski definition) is 6. The van der Waals surface area contributed by atoms with Crippen molar-refractivity contribution in [2.45, 2.75) is 13.3 Å². The van der Waals surface area contributed by atoms with Crippen LogP contribution in [0.5, 0.6) is 5.75 Å². The molecule has 2 aliphatic heterocycles. The van der Waals surface area contributed by atoms with Gasteiger partial charge in [-0.05, 0) is 43.3 Å². The molecule has 30 heavy (non-hydrogen) atoms. The molecule has 0 saturated carbocycles. The number of nitrogens with zero attached hydrogens (tertiary/aromatic N) is 2. The lowest BCUT2D eigenvalue weighted by atomic mass is 10.1. The second kappa shape index (κ2) is 7.98. The average Bonchev–Trinajstić information content (AvgIpc) is 3.26. The van der Waals surface area contributed by atoms with Crippen LogP contribution in [0.2, 0.25) is 0 Å².